The molecule has 2 N–H and O–H groups in total. The van der Waals surface area contributed by atoms with Gasteiger partial charge in [0.15, 0.2) is 0 Å². The average molecular weight is 353 g/mol. The SMILES string of the molecule is CCCCNC(=O)CNS(=O)(=O)c1ccc2c(c1)CCN2C(C)=O. The Labute approximate surface area is 142 Å². The molecule has 132 valence electrons. The molecule has 0 aromatic heterocycles. The lowest BCUT2D eigenvalue weighted by molar-refractivity contribution is -0.120. The van der Waals surface area contributed by atoms with Crippen LogP contribution in [0, 0.1) is 0 Å². The van der Waals surface area contributed by atoms with Crippen LogP contribution in [0.4, 0.5) is 5.69 Å². The van der Waals surface area contributed by atoms with Crippen molar-refractivity contribution in [2.24, 2.45) is 0 Å². The third-order valence-corrected chi connectivity index (χ3v) is 5.31. The molecule has 0 bridgehead atoms. The fraction of sp³-hybridized carbons (Fsp3) is 0.500. The second kappa shape index (κ2) is 7.76. The van der Waals surface area contributed by atoms with Gasteiger partial charge in [-0.05, 0) is 36.6 Å². The van der Waals surface area contributed by atoms with E-state index in [2.05, 4.69) is 10.0 Å². The first-order chi connectivity index (χ1) is 11.3. The summed E-state index contributed by atoms with van der Waals surface area (Å²) in [4.78, 5) is 24.9. The molecule has 24 heavy (non-hydrogen) atoms. The number of sulfonamides is 1. The van der Waals surface area contributed by atoms with E-state index in [1.807, 2.05) is 6.92 Å². The van der Waals surface area contributed by atoms with E-state index < -0.39 is 10.0 Å². The Morgan fingerprint density at radius 1 is 1.29 bits per heavy atom. The summed E-state index contributed by atoms with van der Waals surface area (Å²) in [5.41, 5.74) is 1.57. The van der Waals surface area contributed by atoms with Gasteiger partial charge in [-0.15, -0.1) is 0 Å². The Hall–Kier alpha value is -1.93. The standard InChI is InChI=1S/C16H23N3O4S/c1-3-4-8-17-16(21)11-18-24(22,23)14-5-6-15-13(10-14)7-9-19(15)12(2)20/h5-6,10,18H,3-4,7-9,11H2,1-2H3,(H,17,21). The van der Waals surface area contributed by atoms with Crippen LogP contribution in [0.15, 0.2) is 23.1 Å². The molecular weight excluding hydrogens is 330 g/mol. The van der Waals surface area contributed by atoms with Crippen LogP contribution in [0.1, 0.15) is 32.3 Å². The van der Waals surface area contributed by atoms with E-state index in [1.54, 1.807) is 17.0 Å². The summed E-state index contributed by atoms with van der Waals surface area (Å²) >= 11 is 0. The summed E-state index contributed by atoms with van der Waals surface area (Å²) in [5.74, 6) is -0.415. The average Bonchev–Trinajstić information content (AvgIpc) is 2.96. The zero-order chi connectivity index (χ0) is 17.7. The first-order valence-electron chi connectivity index (χ1n) is 8.02. The van der Waals surface area contributed by atoms with Crippen LogP contribution in [0.3, 0.4) is 0 Å². The number of amides is 2. The van der Waals surface area contributed by atoms with Crippen molar-refractivity contribution in [1.82, 2.24) is 10.0 Å². The van der Waals surface area contributed by atoms with E-state index in [0.717, 1.165) is 24.1 Å². The summed E-state index contributed by atoms with van der Waals surface area (Å²) in [7, 11) is -3.76. The number of unbranched alkanes of at least 4 members (excludes halogenated alkanes) is 1. The van der Waals surface area contributed by atoms with E-state index >= 15 is 0 Å². The molecule has 1 aromatic carbocycles. The molecule has 1 aromatic rings. The van der Waals surface area contributed by atoms with Gasteiger partial charge in [-0.25, -0.2) is 13.1 Å². The summed E-state index contributed by atoms with van der Waals surface area (Å²) < 4.78 is 26.9. The number of rotatable bonds is 7. The molecule has 0 spiro atoms. The minimum Gasteiger partial charge on any atom is -0.355 e. The van der Waals surface area contributed by atoms with Crippen molar-refractivity contribution in [3.05, 3.63) is 23.8 Å². The molecule has 0 saturated heterocycles. The number of nitrogens with one attached hydrogen (secondary N) is 2. The zero-order valence-corrected chi connectivity index (χ0v) is 14.8. The van der Waals surface area contributed by atoms with Crippen molar-refractivity contribution in [1.29, 1.82) is 0 Å². The number of hydrogen-bond acceptors (Lipinski definition) is 4. The minimum absolute atomic E-state index is 0.0637. The highest BCUT2D eigenvalue weighted by molar-refractivity contribution is 7.89. The van der Waals surface area contributed by atoms with E-state index in [9.17, 15) is 18.0 Å². The highest BCUT2D eigenvalue weighted by Crippen LogP contribution is 2.30. The second-order valence-electron chi connectivity index (χ2n) is 5.74. The first-order valence-corrected chi connectivity index (χ1v) is 9.51. The monoisotopic (exact) mass is 353 g/mol. The van der Waals surface area contributed by atoms with E-state index in [1.165, 1.54) is 13.0 Å². The van der Waals surface area contributed by atoms with Crippen LogP contribution >= 0.6 is 0 Å². The lowest BCUT2D eigenvalue weighted by Gasteiger charge is -2.15. The number of anilines is 1. The Kier molecular flexibility index (Phi) is 5.95. The molecule has 0 atom stereocenters. The molecule has 0 saturated carbocycles. The van der Waals surface area contributed by atoms with Crippen molar-refractivity contribution in [3.63, 3.8) is 0 Å². The smallest absolute Gasteiger partial charge is 0.241 e. The molecule has 2 rings (SSSR count). The van der Waals surface area contributed by atoms with Crippen molar-refractivity contribution in [2.75, 3.05) is 24.5 Å². The molecule has 8 heteroatoms. The minimum atomic E-state index is -3.76. The first kappa shape index (κ1) is 18.4. The third kappa shape index (κ3) is 4.33. The third-order valence-electron chi connectivity index (χ3n) is 3.91. The second-order valence-corrected chi connectivity index (χ2v) is 7.51. The number of benzene rings is 1. The Morgan fingerprint density at radius 3 is 2.71 bits per heavy atom. The van der Waals surface area contributed by atoms with Crippen molar-refractivity contribution in [2.45, 2.75) is 38.0 Å². The molecule has 0 fully saturated rings. The predicted molar refractivity (Wildman–Crippen MR) is 91.3 cm³/mol. The van der Waals surface area contributed by atoms with Crippen molar-refractivity contribution in [3.8, 4) is 0 Å². The topological polar surface area (TPSA) is 95.6 Å². The van der Waals surface area contributed by atoms with Gasteiger partial charge in [0.1, 0.15) is 0 Å². The lowest BCUT2D eigenvalue weighted by atomic mass is 10.2. The van der Waals surface area contributed by atoms with Gasteiger partial charge < -0.3 is 10.2 Å². The quantitative estimate of drug-likeness (QED) is 0.709. The molecule has 0 radical (unpaired) electrons. The fourth-order valence-corrected chi connectivity index (χ4v) is 3.62. The maximum atomic E-state index is 12.3. The molecule has 0 unspecified atom stereocenters. The van der Waals surface area contributed by atoms with Crippen LogP contribution in [-0.2, 0) is 26.0 Å². The fourth-order valence-electron chi connectivity index (χ4n) is 2.58. The number of carbonyl (C=O) groups excluding carboxylic acids is 2. The Bertz CT molecular complexity index is 731. The molecule has 7 nitrogen and oxygen atoms in total. The van der Waals surface area contributed by atoms with E-state index in [0.29, 0.717) is 19.5 Å². The van der Waals surface area contributed by atoms with Crippen LogP contribution in [0.5, 0.6) is 0 Å². The van der Waals surface area contributed by atoms with Gasteiger partial charge in [-0.3, -0.25) is 9.59 Å². The van der Waals surface area contributed by atoms with Gasteiger partial charge >= 0.3 is 0 Å². The van der Waals surface area contributed by atoms with Crippen LogP contribution in [0.25, 0.3) is 0 Å². The largest absolute Gasteiger partial charge is 0.355 e. The molecule has 1 aliphatic rings. The molecule has 0 aliphatic carbocycles. The normalized spacial score (nSPS) is 13.7. The van der Waals surface area contributed by atoms with Crippen LogP contribution < -0.4 is 14.9 Å². The van der Waals surface area contributed by atoms with E-state index in [-0.39, 0.29) is 23.3 Å². The van der Waals surface area contributed by atoms with Gasteiger partial charge in [0.05, 0.1) is 11.4 Å². The summed E-state index contributed by atoms with van der Waals surface area (Å²) in [6.07, 6.45) is 2.43. The zero-order valence-electron chi connectivity index (χ0n) is 14.0. The number of nitrogens with zero attached hydrogens (tertiary/aromatic N) is 1. The van der Waals surface area contributed by atoms with E-state index in [4.69, 9.17) is 0 Å². The number of fused-ring (bicyclic) bond motifs is 1. The lowest BCUT2D eigenvalue weighted by Crippen LogP contribution is -2.37. The molecule has 1 heterocycles. The van der Waals surface area contributed by atoms with Gasteiger partial charge in [-0.1, -0.05) is 13.3 Å². The molecular formula is C16H23N3O4S. The van der Waals surface area contributed by atoms with Gasteiger partial charge in [-0.2, -0.15) is 0 Å². The Balaban J connectivity index is 2.03. The molecule has 1 aliphatic heterocycles. The summed E-state index contributed by atoms with van der Waals surface area (Å²) in [6.45, 7) is 4.30. The highest BCUT2D eigenvalue weighted by atomic mass is 32.2. The predicted octanol–water partition coefficient (Wildman–Crippen LogP) is 0.790. The highest BCUT2D eigenvalue weighted by Gasteiger charge is 2.24. The summed E-state index contributed by atoms with van der Waals surface area (Å²) in [5, 5.41) is 2.66. The maximum absolute atomic E-state index is 12.3. The molecule has 2 amide bonds. The maximum Gasteiger partial charge on any atom is 0.241 e. The Morgan fingerprint density at radius 2 is 2.04 bits per heavy atom. The number of carbonyl (C=O) groups is 2. The summed E-state index contributed by atoms with van der Waals surface area (Å²) in [6, 6.07) is 4.66. The van der Waals surface area contributed by atoms with Gasteiger partial charge in [0.2, 0.25) is 21.8 Å². The van der Waals surface area contributed by atoms with Crippen molar-refractivity contribution >= 4 is 27.5 Å². The van der Waals surface area contributed by atoms with Gasteiger partial charge in [0, 0.05) is 25.7 Å². The van der Waals surface area contributed by atoms with Crippen LogP contribution in [-0.4, -0.2) is 39.9 Å². The van der Waals surface area contributed by atoms with Crippen molar-refractivity contribution < 1.29 is 18.0 Å². The van der Waals surface area contributed by atoms with Crippen LogP contribution in [0.2, 0.25) is 0 Å². The van der Waals surface area contributed by atoms with Gasteiger partial charge in [0.25, 0.3) is 0 Å². The number of hydrogen-bond donors (Lipinski definition) is 2.